The predicted octanol–water partition coefficient (Wildman–Crippen LogP) is 3.26. The van der Waals surface area contributed by atoms with Crippen LogP contribution in [0.4, 0.5) is 5.82 Å². The van der Waals surface area contributed by atoms with Crippen LogP contribution in [0.15, 0.2) is 12.4 Å². The first-order chi connectivity index (χ1) is 8.81. The Balaban J connectivity index is 1.93. The van der Waals surface area contributed by atoms with Crippen molar-refractivity contribution in [3.8, 4) is 5.88 Å². The maximum atomic E-state index is 5.96. The molecule has 2 rings (SSSR count). The van der Waals surface area contributed by atoms with Crippen molar-refractivity contribution in [3.05, 3.63) is 12.4 Å². The summed E-state index contributed by atoms with van der Waals surface area (Å²) in [6.45, 7) is 5.15. The second-order valence-corrected chi connectivity index (χ2v) is 4.95. The lowest BCUT2D eigenvalue weighted by Gasteiger charge is -2.28. The molecule has 0 amide bonds. The average Bonchev–Trinajstić information content (AvgIpc) is 2.40. The number of aromatic nitrogens is 2. The topological polar surface area (TPSA) is 47.0 Å². The molecule has 100 valence electrons. The molecular formula is C14H23N3O. The number of anilines is 1. The summed E-state index contributed by atoms with van der Waals surface area (Å²) in [4.78, 5) is 8.57. The van der Waals surface area contributed by atoms with Gasteiger partial charge < -0.3 is 10.1 Å². The van der Waals surface area contributed by atoms with Crippen molar-refractivity contribution in [1.29, 1.82) is 0 Å². The van der Waals surface area contributed by atoms with E-state index in [2.05, 4.69) is 22.2 Å². The molecule has 0 spiro atoms. The molecule has 2 atom stereocenters. The molecule has 1 N–H and O–H groups in total. The zero-order valence-corrected chi connectivity index (χ0v) is 11.4. The summed E-state index contributed by atoms with van der Waals surface area (Å²) >= 11 is 0. The summed E-state index contributed by atoms with van der Waals surface area (Å²) in [5.74, 6) is 2.25. The molecule has 1 heterocycles. The third-order valence-electron chi connectivity index (χ3n) is 3.57. The summed E-state index contributed by atoms with van der Waals surface area (Å²) < 4.78 is 5.96. The third kappa shape index (κ3) is 3.59. The largest absolute Gasteiger partial charge is 0.473 e. The minimum Gasteiger partial charge on any atom is -0.473 e. The van der Waals surface area contributed by atoms with E-state index in [0.29, 0.717) is 12.0 Å². The number of nitrogens with one attached hydrogen (secondary N) is 1. The van der Waals surface area contributed by atoms with Gasteiger partial charge in [-0.25, -0.2) is 0 Å². The highest BCUT2D eigenvalue weighted by molar-refractivity contribution is 5.32. The molecule has 0 radical (unpaired) electrons. The van der Waals surface area contributed by atoms with Crippen LogP contribution in [-0.2, 0) is 0 Å². The van der Waals surface area contributed by atoms with E-state index >= 15 is 0 Å². The minimum atomic E-state index is 0.315. The highest BCUT2D eigenvalue weighted by atomic mass is 16.5. The maximum Gasteiger partial charge on any atom is 0.234 e. The fourth-order valence-corrected chi connectivity index (χ4v) is 2.56. The summed E-state index contributed by atoms with van der Waals surface area (Å²) in [5, 5.41) is 3.15. The minimum absolute atomic E-state index is 0.315. The van der Waals surface area contributed by atoms with Crippen LogP contribution in [0.5, 0.6) is 5.88 Å². The number of nitrogens with zero attached hydrogens (tertiary/aromatic N) is 2. The molecule has 4 heteroatoms. The molecule has 1 fully saturated rings. The Morgan fingerprint density at radius 2 is 2.22 bits per heavy atom. The van der Waals surface area contributed by atoms with Gasteiger partial charge in [0.15, 0.2) is 0 Å². The van der Waals surface area contributed by atoms with Crippen molar-refractivity contribution in [2.45, 2.75) is 52.1 Å². The molecule has 0 saturated heterocycles. The standard InChI is InChI=1S/C14H23N3O/c1-3-11-6-5-7-12(8-11)18-14-10-15-9-13(17-14)16-4-2/h9-12H,3-8H2,1-2H3,(H,16,17). The second-order valence-electron chi connectivity index (χ2n) is 4.95. The van der Waals surface area contributed by atoms with E-state index in [-0.39, 0.29) is 0 Å². The number of rotatable bonds is 5. The number of hydrogen-bond donors (Lipinski definition) is 1. The first-order valence-corrected chi connectivity index (χ1v) is 7.04. The Kier molecular flexibility index (Phi) is 4.79. The molecule has 2 unspecified atom stereocenters. The first-order valence-electron chi connectivity index (χ1n) is 7.04. The molecule has 0 aromatic carbocycles. The van der Waals surface area contributed by atoms with Gasteiger partial charge in [-0.3, -0.25) is 4.98 Å². The van der Waals surface area contributed by atoms with Crippen LogP contribution in [0.25, 0.3) is 0 Å². The molecule has 1 aliphatic carbocycles. The van der Waals surface area contributed by atoms with Crippen molar-refractivity contribution in [2.24, 2.45) is 5.92 Å². The van der Waals surface area contributed by atoms with Crippen LogP contribution in [0.3, 0.4) is 0 Å². The lowest BCUT2D eigenvalue weighted by atomic mass is 9.85. The number of hydrogen-bond acceptors (Lipinski definition) is 4. The average molecular weight is 249 g/mol. The van der Waals surface area contributed by atoms with Gasteiger partial charge >= 0.3 is 0 Å². The highest BCUT2D eigenvalue weighted by Crippen LogP contribution is 2.29. The van der Waals surface area contributed by atoms with Crippen LogP contribution in [-0.4, -0.2) is 22.6 Å². The number of ether oxygens (including phenoxy) is 1. The Morgan fingerprint density at radius 3 is 3.00 bits per heavy atom. The normalized spacial score (nSPS) is 23.7. The molecule has 0 bridgehead atoms. The Morgan fingerprint density at radius 1 is 1.33 bits per heavy atom. The van der Waals surface area contributed by atoms with Crippen LogP contribution in [0.2, 0.25) is 0 Å². The molecule has 1 saturated carbocycles. The fraction of sp³-hybridized carbons (Fsp3) is 0.714. The fourth-order valence-electron chi connectivity index (χ4n) is 2.56. The van der Waals surface area contributed by atoms with Gasteiger partial charge in [0.25, 0.3) is 0 Å². The van der Waals surface area contributed by atoms with Crippen molar-refractivity contribution in [2.75, 3.05) is 11.9 Å². The quantitative estimate of drug-likeness (QED) is 0.870. The summed E-state index contributed by atoms with van der Waals surface area (Å²) in [6, 6.07) is 0. The van der Waals surface area contributed by atoms with E-state index in [1.54, 1.807) is 12.4 Å². The first kappa shape index (κ1) is 13.1. The van der Waals surface area contributed by atoms with Crippen molar-refractivity contribution in [1.82, 2.24) is 9.97 Å². The summed E-state index contributed by atoms with van der Waals surface area (Å²) in [7, 11) is 0. The van der Waals surface area contributed by atoms with Gasteiger partial charge in [-0.15, -0.1) is 0 Å². The maximum absolute atomic E-state index is 5.96. The second kappa shape index (κ2) is 6.57. The van der Waals surface area contributed by atoms with Crippen molar-refractivity contribution in [3.63, 3.8) is 0 Å². The van der Waals surface area contributed by atoms with E-state index in [1.165, 1.54) is 19.3 Å². The monoisotopic (exact) mass is 249 g/mol. The lowest BCUT2D eigenvalue weighted by Crippen LogP contribution is -2.25. The Bertz CT molecular complexity index is 370. The smallest absolute Gasteiger partial charge is 0.234 e. The Labute approximate surface area is 109 Å². The zero-order valence-electron chi connectivity index (χ0n) is 11.4. The van der Waals surface area contributed by atoms with Crippen molar-refractivity contribution < 1.29 is 4.74 Å². The van der Waals surface area contributed by atoms with E-state index < -0.39 is 0 Å². The summed E-state index contributed by atoms with van der Waals surface area (Å²) in [5.41, 5.74) is 0. The van der Waals surface area contributed by atoms with Gasteiger partial charge in [-0.05, 0) is 32.1 Å². The van der Waals surface area contributed by atoms with Gasteiger partial charge in [0.05, 0.1) is 12.4 Å². The van der Waals surface area contributed by atoms with E-state index in [1.807, 2.05) is 6.92 Å². The van der Waals surface area contributed by atoms with Crippen LogP contribution < -0.4 is 10.1 Å². The molecule has 1 aromatic rings. The molecule has 1 aromatic heterocycles. The lowest BCUT2D eigenvalue weighted by molar-refractivity contribution is 0.117. The molecule has 18 heavy (non-hydrogen) atoms. The SMILES string of the molecule is CCNc1cncc(OC2CCCC(CC)C2)n1. The van der Waals surface area contributed by atoms with E-state index in [4.69, 9.17) is 4.74 Å². The van der Waals surface area contributed by atoms with Gasteiger partial charge in [0.2, 0.25) is 5.88 Å². The molecule has 1 aliphatic rings. The van der Waals surface area contributed by atoms with E-state index in [9.17, 15) is 0 Å². The Hall–Kier alpha value is -1.32. The molecule has 0 aliphatic heterocycles. The van der Waals surface area contributed by atoms with E-state index in [0.717, 1.165) is 31.1 Å². The third-order valence-corrected chi connectivity index (χ3v) is 3.57. The zero-order chi connectivity index (χ0) is 12.8. The highest BCUT2D eigenvalue weighted by Gasteiger charge is 2.22. The van der Waals surface area contributed by atoms with Gasteiger partial charge in [-0.1, -0.05) is 19.8 Å². The molecular weight excluding hydrogens is 226 g/mol. The summed E-state index contributed by atoms with van der Waals surface area (Å²) in [6.07, 6.45) is 9.91. The van der Waals surface area contributed by atoms with Gasteiger partial charge in [0.1, 0.15) is 11.9 Å². The van der Waals surface area contributed by atoms with Crippen LogP contribution in [0, 0.1) is 5.92 Å². The molecule has 4 nitrogen and oxygen atoms in total. The van der Waals surface area contributed by atoms with Crippen LogP contribution >= 0.6 is 0 Å². The van der Waals surface area contributed by atoms with Crippen LogP contribution in [0.1, 0.15) is 46.0 Å². The van der Waals surface area contributed by atoms with Gasteiger partial charge in [0, 0.05) is 6.54 Å². The van der Waals surface area contributed by atoms with Crippen molar-refractivity contribution >= 4 is 5.82 Å². The van der Waals surface area contributed by atoms with Gasteiger partial charge in [-0.2, -0.15) is 4.98 Å². The predicted molar refractivity (Wildman–Crippen MR) is 72.9 cm³/mol.